The van der Waals surface area contributed by atoms with Crippen LogP contribution in [0.15, 0.2) is 72.5 Å². The highest BCUT2D eigenvalue weighted by atomic mass is 32.2. The van der Waals surface area contributed by atoms with Crippen LogP contribution in [0.5, 0.6) is 0 Å². The van der Waals surface area contributed by atoms with Crippen LogP contribution in [0.4, 0.5) is 0 Å². The van der Waals surface area contributed by atoms with Crippen molar-refractivity contribution in [2.75, 3.05) is 19.0 Å². The lowest BCUT2D eigenvalue weighted by Gasteiger charge is -2.03. The quantitative estimate of drug-likeness (QED) is 0.152. The molecule has 1 saturated heterocycles. The zero-order valence-electron chi connectivity index (χ0n) is 19.7. The zero-order chi connectivity index (χ0) is 24.2. The lowest BCUT2D eigenvalue weighted by atomic mass is 10.2. The van der Waals surface area contributed by atoms with Gasteiger partial charge in [-0.1, -0.05) is 73.8 Å². The van der Waals surface area contributed by atoms with Gasteiger partial charge in [-0.15, -0.1) is 0 Å². The molecule has 1 aliphatic rings. The lowest BCUT2D eigenvalue weighted by Crippen LogP contribution is -2.28. The number of carbonyl (C=O) groups is 1. The van der Waals surface area contributed by atoms with Gasteiger partial charge in [-0.3, -0.25) is 14.4 Å². The molecule has 184 valence electrons. The summed E-state index contributed by atoms with van der Waals surface area (Å²) >= 11 is 0. The SMILES string of the molecule is CC/C=C\C/C(=C\C/C=C\C/C=C\C/C=C\C/C=C\CCC(=O)NCCS(=O)(=O)O)N1CN1. The van der Waals surface area contributed by atoms with Crippen LogP contribution in [0.25, 0.3) is 0 Å². The molecule has 0 aliphatic carbocycles. The number of hydrazine groups is 1. The molecule has 0 atom stereocenters. The second-order valence-corrected chi connectivity index (χ2v) is 9.10. The van der Waals surface area contributed by atoms with Crippen molar-refractivity contribution in [3.05, 3.63) is 72.5 Å². The fraction of sp³-hybridized carbons (Fsp3) is 0.480. The first-order valence-corrected chi connectivity index (χ1v) is 13.2. The first kappa shape index (κ1) is 28.6. The van der Waals surface area contributed by atoms with Crippen molar-refractivity contribution in [3.8, 4) is 0 Å². The molecule has 0 aromatic carbocycles. The fourth-order valence-corrected chi connectivity index (χ4v) is 3.13. The standard InChI is InChI=1S/C25H39N3O4S/c1-2-3-15-18-24(28-23-27-28)19-16-13-11-9-7-5-4-6-8-10-12-14-17-20-25(29)26-21-22-33(30,31)32/h3,5-8,11-15,19,27H,2,4,9-10,16-18,20-23H2,1H3,(H,26,29)(H,30,31,32)/b7-5-,8-6-,13-11-,14-12-,15-3-,24-19+. The Balaban J connectivity index is 2.05. The Bertz CT molecular complexity index is 836. The summed E-state index contributed by atoms with van der Waals surface area (Å²) in [7, 11) is -4.03. The van der Waals surface area contributed by atoms with E-state index in [4.69, 9.17) is 4.55 Å². The first-order chi connectivity index (χ1) is 15.9. The van der Waals surface area contributed by atoms with E-state index in [0.29, 0.717) is 12.8 Å². The molecule has 1 amide bonds. The van der Waals surface area contributed by atoms with Gasteiger partial charge in [0, 0.05) is 25.1 Å². The summed E-state index contributed by atoms with van der Waals surface area (Å²) in [5, 5.41) is 4.63. The average Bonchev–Trinajstić information content (AvgIpc) is 3.59. The summed E-state index contributed by atoms with van der Waals surface area (Å²) in [4.78, 5) is 11.5. The van der Waals surface area contributed by atoms with Crippen molar-refractivity contribution in [1.82, 2.24) is 15.8 Å². The number of rotatable bonds is 18. The Morgan fingerprint density at radius 1 is 0.939 bits per heavy atom. The van der Waals surface area contributed by atoms with Crippen molar-refractivity contribution >= 4 is 16.0 Å². The average molecular weight is 478 g/mol. The molecule has 1 fully saturated rings. The Hall–Kier alpha value is -2.42. The van der Waals surface area contributed by atoms with Crippen LogP contribution in [0.1, 0.15) is 58.3 Å². The molecule has 7 nitrogen and oxygen atoms in total. The van der Waals surface area contributed by atoms with Crippen molar-refractivity contribution in [1.29, 1.82) is 0 Å². The third-order valence-electron chi connectivity index (χ3n) is 4.59. The summed E-state index contributed by atoms with van der Waals surface area (Å²) in [5.74, 6) is -0.688. The number of hydrogen-bond donors (Lipinski definition) is 3. The Morgan fingerprint density at radius 3 is 2.06 bits per heavy atom. The van der Waals surface area contributed by atoms with Crippen LogP contribution in [0, 0.1) is 0 Å². The molecule has 3 N–H and O–H groups in total. The lowest BCUT2D eigenvalue weighted by molar-refractivity contribution is -0.120. The second-order valence-electron chi connectivity index (χ2n) is 7.53. The number of nitrogens with one attached hydrogen (secondary N) is 2. The van der Waals surface area contributed by atoms with Crippen molar-refractivity contribution < 1.29 is 17.8 Å². The number of amides is 1. The predicted molar refractivity (Wildman–Crippen MR) is 136 cm³/mol. The molecule has 0 bridgehead atoms. The minimum atomic E-state index is -4.03. The molecule has 33 heavy (non-hydrogen) atoms. The summed E-state index contributed by atoms with van der Waals surface area (Å²) < 4.78 is 29.7. The minimum absolute atomic E-state index is 0.0706. The van der Waals surface area contributed by atoms with Gasteiger partial charge in [-0.25, -0.2) is 5.43 Å². The largest absolute Gasteiger partial charge is 0.355 e. The van der Waals surface area contributed by atoms with Gasteiger partial charge in [0.15, 0.2) is 0 Å². The molecular weight excluding hydrogens is 438 g/mol. The van der Waals surface area contributed by atoms with Gasteiger partial charge in [0.25, 0.3) is 10.1 Å². The molecule has 1 heterocycles. The topological polar surface area (TPSA) is 108 Å². The predicted octanol–water partition coefficient (Wildman–Crippen LogP) is 4.57. The van der Waals surface area contributed by atoms with Crippen LogP contribution in [-0.2, 0) is 14.9 Å². The van der Waals surface area contributed by atoms with Crippen LogP contribution in [0.3, 0.4) is 0 Å². The van der Waals surface area contributed by atoms with Crippen molar-refractivity contribution in [3.63, 3.8) is 0 Å². The highest BCUT2D eigenvalue weighted by Crippen LogP contribution is 2.14. The molecule has 1 rings (SSSR count). The fourth-order valence-electron chi connectivity index (χ4n) is 2.77. The molecule has 0 saturated carbocycles. The van der Waals surface area contributed by atoms with E-state index in [-0.39, 0.29) is 12.5 Å². The summed E-state index contributed by atoms with van der Waals surface area (Å²) in [6.45, 7) is 3.02. The van der Waals surface area contributed by atoms with Gasteiger partial charge in [0.1, 0.15) is 6.67 Å². The zero-order valence-corrected chi connectivity index (χ0v) is 20.5. The Morgan fingerprint density at radius 2 is 1.52 bits per heavy atom. The Kier molecular flexibility index (Phi) is 15.7. The maximum Gasteiger partial charge on any atom is 0.266 e. The van der Waals surface area contributed by atoms with E-state index < -0.39 is 15.9 Å². The van der Waals surface area contributed by atoms with Crippen LogP contribution in [-0.4, -0.2) is 42.9 Å². The van der Waals surface area contributed by atoms with Gasteiger partial charge in [0.05, 0.1) is 5.75 Å². The first-order valence-electron chi connectivity index (χ1n) is 11.6. The maximum absolute atomic E-state index is 11.5. The summed E-state index contributed by atoms with van der Waals surface area (Å²) in [6.07, 6.45) is 30.1. The van der Waals surface area contributed by atoms with Crippen molar-refractivity contribution in [2.45, 2.75) is 58.3 Å². The van der Waals surface area contributed by atoms with E-state index in [1.165, 1.54) is 5.70 Å². The van der Waals surface area contributed by atoms with E-state index in [1.807, 2.05) is 12.2 Å². The Labute approximate surface area is 199 Å². The number of nitrogens with zero attached hydrogens (tertiary/aromatic N) is 1. The smallest absolute Gasteiger partial charge is 0.266 e. The molecule has 0 aromatic heterocycles. The third kappa shape index (κ3) is 18.8. The van der Waals surface area contributed by atoms with Gasteiger partial charge < -0.3 is 5.32 Å². The van der Waals surface area contributed by atoms with E-state index in [9.17, 15) is 13.2 Å². The van der Waals surface area contributed by atoms with Gasteiger partial charge >= 0.3 is 0 Å². The van der Waals surface area contributed by atoms with E-state index in [1.54, 1.807) is 0 Å². The van der Waals surface area contributed by atoms with E-state index >= 15 is 0 Å². The van der Waals surface area contributed by atoms with Gasteiger partial charge in [-0.05, 0) is 38.5 Å². The van der Waals surface area contributed by atoms with Crippen LogP contribution >= 0.6 is 0 Å². The second kappa shape index (κ2) is 18.1. The number of allylic oxidation sites excluding steroid dienone is 11. The number of hydrogen-bond acceptors (Lipinski definition) is 5. The molecule has 0 unspecified atom stereocenters. The molecular formula is C25H39N3O4S. The normalized spacial score (nSPS) is 15.2. The van der Waals surface area contributed by atoms with Gasteiger partial charge in [0.2, 0.25) is 5.91 Å². The molecule has 0 spiro atoms. The molecule has 0 aromatic rings. The molecule has 0 radical (unpaired) electrons. The summed E-state index contributed by atoms with van der Waals surface area (Å²) in [5.41, 5.74) is 4.55. The van der Waals surface area contributed by atoms with Gasteiger partial charge in [-0.2, -0.15) is 8.42 Å². The number of carbonyl (C=O) groups excluding carboxylic acids is 1. The summed E-state index contributed by atoms with van der Waals surface area (Å²) in [6, 6.07) is 0. The van der Waals surface area contributed by atoms with Crippen LogP contribution < -0.4 is 10.7 Å². The third-order valence-corrected chi connectivity index (χ3v) is 5.31. The monoisotopic (exact) mass is 477 g/mol. The van der Waals surface area contributed by atoms with E-state index in [2.05, 4.69) is 77.4 Å². The van der Waals surface area contributed by atoms with E-state index in [0.717, 1.165) is 45.2 Å². The maximum atomic E-state index is 11.5. The molecule has 1 aliphatic heterocycles. The highest BCUT2D eigenvalue weighted by Gasteiger charge is 2.17. The van der Waals surface area contributed by atoms with Crippen molar-refractivity contribution in [2.24, 2.45) is 0 Å². The minimum Gasteiger partial charge on any atom is -0.355 e. The highest BCUT2D eigenvalue weighted by molar-refractivity contribution is 7.85. The molecule has 8 heteroatoms. The van der Waals surface area contributed by atoms with Crippen LogP contribution in [0.2, 0.25) is 0 Å².